The van der Waals surface area contributed by atoms with Crippen molar-refractivity contribution in [2.45, 2.75) is 6.92 Å². The van der Waals surface area contributed by atoms with Crippen LogP contribution in [0.2, 0.25) is 5.28 Å². The van der Waals surface area contributed by atoms with Crippen molar-refractivity contribution in [1.82, 2.24) is 9.97 Å². The fourth-order valence-electron chi connectivity index (χ4n) is 1.22. The highest BCUT2D eigenvalue weighted by atomic mass is 35.5. The highest BCUT2D eigenvalue weighted by Crippen LogP contribution is 2.19. The van der Waals surface area contributed by atoms with Crippen molar-refractivity contribution in [3.8, 4) is 5.75 Å². The molecule has 4 nitrogen and oxygen atoms in total. The van der Waals surface area contributed by atoms with Gasteiger partial charge in [-0.05, 0) is 29.8 Å². The van der Waals surface area contributed by atoms with Gasteiger partial charge in [-0.25, -0.2) is 9.97 Å². The molecule has 0 N–H and O–H groups in total. The van der Waals surface area contributed by atoms with E-state index in [1.807, 2.05) is 0 Å². The maximum Gasteiger partial charge on any atom is 0.308 e. The lowest BCUT2D eigenvalue weighted by Crippen LogP contribution is -2.01. The highest BCUT2D eigenvalue weighted by molar-refractivity contribution is 6.28. The maximum absolute atomic E-state index is 10.7. The molecule has 15 heavy (non-hydrogen) atoms. The molecule has 0 bridgehead atoms. The monoisotopic (exact) mass is 222 g/mol. The van der Waals surface area contributed by atoms with Crippen LogP contribution in [0.5, 0.6) is 5.75 Å². The molecule has 76 valence electrons. The average Bonchev–Trinajstić information content (AvgIpc) is 2.17. The topological polar surface area (TPSA) is 52.1 Å². The Kier molecular flexibility index (Phi) is 2.51. The number of nitrogens with zero attached hydrogens (tertiary/aromatic N) is 2. The summed E-state index contributed by atoms with van der Waals surface area (Å²) in [5.41, 5.74) is 0.714. The summed E-state index contributed by atoms with van der Waals surface area (Å²) in [6, 6.07) is 5.07. The summed E-state index contributed by atoms with van der Waals surface area (Å²) in [6.45, 7) is 1.35. The number of carbonyl (C=O) groups excluding carboxylic acids is 1. The van der Waals surface area contributed by atoms with Crippen molar-refractivity contribution in [1.29, 1.82) is 0 Å². The Balaban J connectivity index is 2.47. The van der Waals surface area contributed by atoms with E-state index in [4.69, 9.17) is 16.3 Å². The van der Waals surface area contributed by atoms with E-state index in [1.165, 1.54) is 6.92 Å². The van der Waals surface area contributed by atoms with Gasteiger partial charge >= 0.3 is 5.97 Å². The highest BCUT2D eigenvalue weighted by Gasteiger charge is 2.02. The van der Waals surface area contributed by atoms with Gasteiger partial charge in [0.05, 0.1) is 5.52 Å². The second-order valence-electron chi connectivity index (χ2n) is 2.95. The molecule has 0 saturated heterocycles. The lowest BCUT2D eigenvalue weighted by atomic mass is 10.2. The minimum absolute atomic E-state index is 0.197. The molecule has 2 aromatic rings. The molecule has 0 fully saturated rings. The Labute approximate surface area is 90.9 Å². The predicted octanol–water partition coefficient (Wildman–Crippen LogP) is 2.21. The molecule has 0 saturated carbocycles. The molecule has 0 aliphatic carbocycles. The van der Waals surface area contributed by atoms with Crippen molar-refractivity contribution in [2.24, 2.45) is 0 Å². The van der Waals surface area contributed by atoms with Crippen LogP contribution in [0.25, 0.3) is 10.9 Å². The molecule has 0 radical (unpaired) electrons. The number of aromatic nitrogens is 2. The first-order valence-corrected chi connectivity index (χ1v) is 4.64. The van der Waals surface area contributed by atoms with E-state index in [0.717, 1.165) is 5.39 Å². The van der Waals surface area contributed by atoms with Gasteiger partial charge in [0.25, 0.3) is 0 Å². The Morgan fingerprint density at radius 2 is 2.27 bits per heavy atom. The van der Waals surface area contributed by atoms with Gasteiger partial charge in [0.15, 0.2) is 0 Å². The average molecular weight is 223 g/mol. The molecule has 1 aromatic heterocycles. The van der Waals surface area contributed by atoms with E-state index >= 15 is 0 Å². The van der Waals surface area contributed by atoms with Crippen molar-refractivity contribution < 1.29 is 9.53 Å². The number of benzene rings is 1. The smallest absolute Gasteiger partial charge is 0.308 e. The first-order valence-electron chi connectivity index (χ1n) is 4.26. The summed E-state index contributed by atoms with van der Waals surface area (Å²) in [5.74, 6) is 0.116. The molecule has 0 unspecified atom stereocenters. The van der Waals surface area contributed by atoms with Crippen LogP contribution in [0.15, 0.2) is 24.4 Å². The molecule has 1 aromatic carbocycles. The number of carbonyl (C=O) groups is 1. The SMILES string of the molecule is CC(=O)Oc1ccc2nc(Cl)ncc2c1. The quantitative estimate of drug-likeness (QED) is 0.422. The van der Waals surface area contributed by atoms with Gasteiger partial charge in [-0.15, -0.1) is 0 Å². The van der Waals surface area contributed by atoms with Gasteiger partial charge in [0, 0.05) is 18.5 Å². The number of hydrogen-bond acceptors (Lipinski definition) is 4. The first-order chi connectivity index (χ1) is 7.15. The summed E-state index contributed by atoms with van der Waals surface area (Å²) in [5, 5.41) is 0.973. The van der Waals surface area contributed by atoms with Gasteiger partial charge in [0.2, 0.25) is 5.28 Å². The Bertz CT molecular complexity index is 528. The van der Waals surface area contributed by atoms with Gasteiger partial charge < -0.3 is 4.74 Å². The third-order valence-electron chi connectivity index (χ3n) is 1.78. The van der Waals surface area contributed by atoms with Crippen molar-refractivity contribution in [3.05, 3.63) is 29.7 Å². The van der Waals surface area contributed by atoms with E-state index in [2.05, 4.69) is 9.97 Å². The number of fused-ring (bicyclic) bond motifs is 1. The van der Waals surface area contributed by atoms with Crippen LogP contribution in [-0.2, 0) is 4.79 Å². The zero-order chi connectivity index (χ0) is 10.8. The molecular weight excluding hydrogens is 216 g/mol. The van der Waals surface area contributed by atoms with Gasteiger partial charge in [-0.2, -0.15) is 0 Å². The fourth-order valence-corrected chi connectivity index (χ4v) is 1.36. The van der Waals surface area contributed by atoms with Crippen molar-refractivity contribution in [2.75, 3.05) is 0 Å². The summed E-state index contributed by atoms with van der Waals surface area (Å²) in [7, 11) is 0. The molecule has 2 rings (SSSR count). The van der Waals surface area contributed by atoms with E-state index < -0.39 is 0 Å². The minimum atomic E-state index is -0.357. The normalized spacial score (nSPS) is 10.3. The van der Waals surface area contributed by atoms with Crippen LogP contribution in [0.4, 0.5) is 0 Å². The number of esters is 1. The van der Waals surface area contributed by atoms with Crippen LogP contribution < -0.4 is 4.74 Å². The van der Waals surface area contributed by atoms with Gasteiger partial charge in [-0.1, -0.05) is 0 Å². The third kappa shape index (κ3) is 2.22. The molecule has 0 spiro atoms. The van der Waals surface area contributed by atoms with Crippen LogP contribution in [0.3, 0.4) is 0 Å². The fraction of sp³-hybridized carbons (Fsp3) is 0.100. The predicted molar refractivity (Wildman–Crippen MR) is 55.9 cm³/mol. The zero-order valence-electron chi connectivity index (χ0n) is 7.90. The van der Waals surface area contributed by atoms with Crippen LogP contribution in [0, 0.1) is 0 Å². The van der Waals surface area contributed by atoms with E-state index in [0.29, 0.717) is 11.3 Å². The van der Waals surface area contributed by atoms with Crippen molar-refractivity contribution >= 4 is 28.5 Å². The Morgan fingerprint density at radius 1 is 1.47 bits per heavy atom. The molecule has 1 heterocycles. The molecule has 0 atom stereocenters. The van der Waals surface area contributed by atoms with Crippen LogP contribution in [-0.4, -0.2) is 15.9 Å². The summed E-state index contributed by atoms with van der Waals surface area (Å²) < 4.78 is 4.93. The minimum Gasteiger partial charge on any atom is -0.427 e. The number of rotatable bonds is 1. The molecule has 5 heteroatoms. The third-order valence-corrected chi connectivity index (χ3v) is 1.97. The second-order valence-corrected chi connectivity index (χ2v) is 3.29. The van der Waals surface area contributed by atoms with Crippen LogP contribution in [0.1, 0.15) is 6.92 Å². The van der Waals surface area contributed by atoms with Crippen molar-refractivity contribution in [3.63, 3.8) is 0 Å². The van der Waals surface area contributed by atoms with Gasteiger partial charge in [0.1, 0.15) is 5.75 Å². The summed E-state index contributed by atoms with van der Waals surface area (Å²) >= 11 is 5.64. The first kappa shape index (κ1) is 9.86. The maximum atomic E-state index is 10.7. The largest absolute Gasteiger partial charge is 0.427 e. The lowest BCUT2D eigenvalue weighted by molar-refractivity contribution is -0.131. The summed E-state index contributed by atoms with van der Waals surface area (Å²) in [4.78, 5) is 18.6. The van der Waals surface area contributed by atoms with Gasteiger partial charge in [-0.3, -0.25) is 4.79 Å². The molecular formula is C10H7ClN2O2. The van der Waals surface area contributed by atoms with E-state index in [9.17, 15) is 4.79 Å². The molecule has 0 aliphatic heterocycles. The van der Waals surface area contributed by atoms with E-state index in [-0.39, 0.29) is 11.3 Å². The molecule has 0 aliphatic rings. The van der Waals surface area contributed by atoms with E-state index in [1.54, 1.807) is 24.4 Å². The molecule has 0 amide bonds. The number of hydrogen-bond donors (Lipinski definition) is 0. The Hall–Kier alpha value is -1.68. The number of ether oxygens (including phenoxy) is 1. The number of halogens is 1. The Morgan fingerprint density at radius 3 is 3.00 bits per heavy atom. The lowest BCUT2D eigenvalue weighted by Gasteiger charge is -2.02. The standard InChI is InChI=1S/C10H7ClN2O2/c1-6(14)15-8-2-3-9-7(4-8)5-12-10(11)13-9/h2-5H,1H3. The zero-order valence-corrected chi connectivity index (χ0v) is 8.65. The summed E-state index contributed by atoms with van der Waals surface area (Å²) in [6.07, 6.45) is 1.58. The second kappa shape index (κ2) is 3.82. The van der Waals surface area contributed by atoms with Crippen LogP contribution >= 0.6 is 11.6 Å².